The maximum absolute atomic E-state index is 9.04. The molecule has 1 saturated carbocycles. The number of hydrogen-bond acceptors (Lipinski definition) is 4. The topological polar surface area (TPSA) is 90.9 Å². The minimum atomic E-state index is -0.0704. The van der Waals surface area contributed by atoms with Crippen LogP contribution in [0.3, 0.4) is 0 Å². The van der Waals surface area contributed by atoms with Crippen molar-refractivity contribution in [3.63, 3.8) is 0 Å². The highest BCUT2D eigenvalue weighted by Gasteiger charge is 2.26. The highest BCUT2D eigenvalue weighted by molar-refractivity contribution is 5.79. The van der Waals surface area contributed by atoms with Crippen molar-refractivity contribution in [2.75, 3.05) is 13.1 Å². The van der Waals surface area contributed by atoms with Crippen molar-refractivity contribution in [3.05, 3.63) is 0 Å². The van der Waals surface area contributed by atoms with Crippen molar-refractivity contribution >= 4 is 5.84 Å². The summed E-state index contributed by atoms with van der Waals surface area (Å²) < 4.78 is 0. The van der Waals surface area contributed by atoms with E-state index in [2.05, 4.69) is 10.5 Å². The third-order valence-electron chi connectivity index (χ3n) is 2.56. The van der Waals surface area contributed by atoms with E-state index in [1.165, 1.54) is 0 Å². The predicted molar refractivity (Wildman–Crippen MR) is 54.2 cm³/mol. The van der Waals surface area contributed by atoms with Crippen LogP contribution in [-0.4, -0.2) is 35.3 Å². The molecule has 82 valence electrons. The Bertz CT molecular complexity index is 190. The van der Waals surface area contributed by atoms with E-state index in [-0.39, 0.29) is 11.9 Å². The molecular weight excluding hydrogens is 182 g/mol. The molecule has 0 spiro atoms. The highest BCUT2D eigenvalue weighted by Crippen LogP contribution is 2.25. The van der Waals surface area contributed by atoms with E-state index in [1.54, 1.807) is 0 Å². The summed E-state index contributed by atoms with van der Waals surface area (Å²) >= 11 is 0. The largest absolute Gasteiger partial charge is 0.409 e. The summed E-state index contributed by atoms with van der Waals surface area (Å²) in [6.45, 7) is 1.84. The first-order chi connectivity index (χ1) is 6.72. The summed E-state index contributed by atoms with van der Waals surface area (Å²) in [6.07, 6.45) is 3.28. The van der Waals surface area contributed by atoms with Crippen LogP contribution in [0.4, 0.5) is 0 Å². The van der Waals surface area contributed by atoms with Crippen LogP contribution in [0.1, 0.15) is 25.7 Å². The quantitative estimate of drug-likeness (QED) is 0.158. The van der Waals surface area contributed by atoms with Gasteiger partial charge in [-0.15, -0.1) is 0 Å². The normalized spacial score (nSPS) is 27.4. The zero-order valence-corrected chi connectivity index (χ0v) is 8.32. The summed E-state index contributed by atoms with van der Waals surface area (Å²) in [4.78, 5) is 0. The summed E-state index contributed by atoms with van der Waals surface area (Å²) in [6, 6.07) is 0. The maximum atomic E-state index is 9.04. The average Bonchev–Trinajstić information content (AvgIpc) is 2.13. The number of aliphatic hydroxyl groups excluding tert-OH is 1. The van der Waals surface area contributed by atoms with Crippen LogP contribution in [0.2, 0.25) is 0 Å². The van der Waals surface area contributed by atoms with Gasteiger partial charge in [0.05, 0.1) is 6.10 Å². The summed E-state index contributed by atoms with van der Waals surface area (Å²) in [5.74, 6) is 0.916. The van der Waals surface area contributed by atoms with Gasteiger partial charge in [0.1, 0.15) is 5.84 Å². The molecule has 0 aromatic heterocycles. The van der Waals surface area contributed by atoms with Gasteiger partial charge in [-0.2, -0.15) is 0 Å². The van der Waals surface area contributed by atoms with Crippen LogP contribution < -0.4 is 11.1 Å². The van der Waals surface area contributed by atoms with Crippen molar-refractivity contribution in [2.45, 2.75) is 31.8 Å². The fraction of sp³-hybridized carbons (Fsp3) is 0.889. The van der Waals surface area contributed by atoms with Crippen molar-refractivity contribution in [3.8, 4) is 0 Å². The molecule has 0 bridgehead atoms. The van der Waals surface area contributed by atoms with Gasteiger partial charge in [-0.1, -0.05) is 5.16 Å². The van der Waals surface area contributed by atoms with Gasteiger partial charge >= 0.3 is 0 Å². The predicted octanol–water partition coefficient (Wildman–Crippen LogP) is -0.127. The maximum Gasteiger partial charge on any atom is 0.139 e. The first-order valence-corrected chi connectivity index (χ1v) is 5.07. The minimum absolute atomic E-state index is 0.0704. The van der Waals surface area contributed by atoms with Crippen LogP contribution in [0.15, 0.2) is 5.16 Å². The third kappa shape index (κ3) is 3.93. The molecule has 1 aliphatic rings. The second kappa shape index (κ2) is 5.82. The zero-order chi connectivity index (χ0) is 10.4. The average molecular weight is 201 g/mol. The minimum Gasteiger partial charge on any atom is -0.409 e. The van der Waals surface area contributed by atoms with Gasteiger partial charge in [-0.05, 0) is 38.3 Å². The van der Waals surface area contributed by atoms with Crippen molar-refractivity contribution in [1.29, 1.82) is 0 Å². The third-order valence-corrected chi connectivity index (χ3v) is 2.56. The van der Waals surface area contributed by atoms with E-state index in [0.29, 0.717) is 12.3 Å². The molecule has 5 heteroatoms. The number of nitrogens with zero attached hydrogens (tertiary/aromatic N) is 1. The van der Waals surface area contributed by atoms with E-state index in [9.17, 15) is 0 Å². The summed E-state index contributed by atoms with van der Waals surface area (Å²) in [5.41, 5.74) is 5.31. The van der Waals surface area contributed by atoms with E-state index in [1.807, 2.05) is 0 Å². The second-order valence-corrected chi connectivity index (χ2v) is 3.89. The van der Waals surface area contributed by atoms with E-state index >= 15 is 0 Å². The first-order valence-electron chi connectivity index (χ1n) is 5.07. The van der Waals surface area contributed by atoms with Crippen LogP contribution in [0.5, 0.6) is 0 Å². The number of nitrogens with one attached hydrogen (secondary N) is 1. The molecule has 0 aromatic rings. The number of hydrogen-bond donors (Lipinski definition) is 4. The Kier molecular flexibility index (Phi) is 4.69. The zero-order valence-electron chi connectivity index (χ0n) is 8.32. The molecular formula is C9H19N3O2. The van der Waals surface area contributed by atoms with Gasteiger partial charge in [-0.3, -0.25) is 0 Å². The summed E-state index contributed by atoms with van der Waals surface area (Å²) in [5, 5.41) is 23.5. The van der Waals surface area contributed by atoms with Crippen LogP contribution in [-0.2, 0) is 0 Å². The van der Waals surface area contributed by atoms with E-state index in [4.69, 9.17) is 16.0 Å². The van der Waals surface area contributed by atoms with Crippen molar-refractivity contribution in [2.24, 2.45) is 16.8 Å². The molecule has 5 N–H and O–H groups in total. The Morgan fingerprint density at radius 1 is 1.50 bits per heavy atom. The molecule has 5 nitrogen and oxygen atoms in total. The number of amidine groups is 1. The lowest BCUT2D eigenvalue weighted by molar-refractivity contribution is 0.0432. The Hall–Kier alpha value is -0.810. The first kappa shape index (κ1) is 11.3. The Labute approximate surface area is 84.0 Å². The van der Waals surface area contributed by atoms with Gasteiger partial charge in [0, 0.05) is 6.42 Å². The molecule has 0 aromatic carbocycles. The van der Waals surface area contributed by atoms with Gasteiger partial charge in [0.15, 0.2) is 0 Å². The van der Waals surface area contributed by atoms with Crippen molar-refractivity contribution in [1.82, 2.24) is 5.32 Å². The molecule has 0 atom stereocenters. The second-order valence-electron chi connectivity index (χ2n) is 3.89. The molecule has 1 fully saturated rings. The fourth-order valence-corrected chi connectivity index (χ4v) is 1.62. The number of rotatable bonds is 6. The van der Waals surface area contributed by atoms with Gasteiger partial charge in [0.25, 0.3) is 0 Å². The molecule has 0 amide bonds. The molecule has 0 aliphatic heterocycles. The van der Waals surface area contributed by atoms with Gasteiger partial charge in [0.2, 0.25) is 0 Å². The Balaban J connectivity index is 1.85. The molecule has 14 heavy (non-hydrogen) atoms. The van der Waals surface area contributed by atoms with E-state index in [0.717, 1.165) is 32.4 Å². The lowest BCUT2D eigenvalue weighted by atomic mass is 9.82. The standard InChI is InChI=1S/C9H19N3O2/c10-9(12-14)2-1-3-11-6-7-4-8(13)5-7/h7-8,11,13-14H,1-6H2,(H2,10,12). The number of oxime groups is 1. The Morgan fingerprint density at radius 2 is 2.21 bits per heavy atom. The fourth-order valence-electron chi connectivity index (χ4n) is 1.62. The molecule has 0 unspecified atom stereocenters. The number of nitrogens with two attached hydrogens (primary N) is 1. The smallest absolute Gasteiger partial charge is 0.139 e. The highest BCUT2D eigenvalue weighted by atomic mass is 16.4. The van der Waals surface area contributed by atoms with Crippen LogP contribution in [0.25, 0.3) is 0 Å². The molecule has 0 saturated heterocycles. The molecule has 0 radical (unpaired) electrons. The lowest BCUT2D eigenvalue weighted by Gasteiger charge is -2.31. The molecule has 0 heterocycles. The van der Waals surface area contributed by atoms with Crippen LogP contribution >= 0.6 is 0 Å². The lowest BCUT2D eigenvalue weighted by Crippen LogP contribution is -2.36. The van der Waals surface area contributed by atoms with Crippen molar-refractivity contribution < 1.29 is 10.3 Å². The molecule has 1 rings (SSSR count). The van der Waals surface area contributed by atoms with Crippen LogP contribution in [0, 0.1) is 5.92 Å². The summed E-state index contributed by atoms with van der Waals surface area (Å²) in [7, 11) is 0. The van der Waals surface area contributed by atoms with Gasteiger partial charge < -0.3 is 21.4 Å². The molecule has 1 aliphatic carbocycles. The monoisotopic (exact) mass is 201 g/mol. The van der Waals surface area contributed by atoms with E-state index < -0.39 is 0 Å². The Morgan fingerprint density at radius 3 is 2.79 bits per heavy atom. The van der Waals surface area contributed by atoms with Gasteiger partial charge in [-0.25, -0.2) is 0 Å². The number of aliphatic hydroxyl groups is 1. The SMILES string of the molecule is NC(CCCNCC1CC(O)C1)=NO.